The van der Waals surface area contributed by atoms with Crippen molar-refractivity contribution in [1.29, 1.82) is 0 Å². The van der Waals surface area contributed by atoms with Crippen molar-refractivity contribution in [3.63, 3.8) is 0 Å². The average Bonchev–Trinajstić information content (AvgIpc) is 3.12. The number of anilines is 1. The summed E-state index contributed by atoms with van der Waals surface area (Å²) in [5.74, 6) is 0.123. The molecule has 1 aliphatic heterocycles. The van der Waals surface area contributed by atoms with E-state index in [9.17, 15) is 13.2 Å². The standard InChI is InChI=1S/C20H25N3O3S/c1-14-7-8-15(2)19(11-14)27(25,26)22-18-6-4-3-5-17(18)20(24)23-10-9-16(12-21)13-23/h3-8,11,16,22H,9-10,12-13,21H2,1-2H3. The predicted octanol–water partition coefficient (Wildman–Crippen LogP) is 2.53. The third-order valence-electron chi connectivity index (χ3n) is 4.94. The third-order valence-corrected chi connectivity index (χ3v) is 6.45. The van der Waals surface area contributed by atoms with Gasteiger partial charge in [0.1, 0.15) is 0 Å². The molecule has 2 aromatic rings. The normalized spacial score (nSPS) is 17.1. The van der Waals surface area contributed by atoms with E-state index in [1.807, 2.05) is 13.0 Å². The molecule has 1 unspecified atom stereocenters. The maximum Gasteiger partial charge on any atom is 0.262 e. The fourth-order valence-electron chi connectivity index (χ4n) is 3.34. The zero-order valence-corrected chi connectivity index (χ0v) is 16.4. The molecular formula is C20H25N3O3S. The van der Waals surface area contributed by atoms with E-state index in [-0.39, 0.29) is 10.8 Å². The van der Waals surface area contributed by atoms with Gasteiger partial charge in [0.15, 0.2) is 0 Å². The van der Waals surface area contributed by atoms with Crippen molar-refractivity contribution in [2.75, 3.05) is 24.4 Å². The van der Waals surface area contributed by atoms with Gasteiger partial charge in [-0.15, -0.1) is 0 Å². The van der Waals surface area contributed by atoms with Crippen molar-refractivity contribution < 1.29 is 13.2 Å². The van der Waals surface area contributed by atoms with Gasteiger partial charge in [-0.25, -0.2) is 8.42 Å². The highest BCUT2D eigenvalue weighted by atomic mass is 32.2. The van der Waals surface area contributed by atoms with Crippen LogP contribution in [0.2, 0.25) is 0 Å². The van der Waals surface area contributed by atoms with Gasteiger partial charge in [0, 0.05) is 13.1 Å². The van der Waals surface area contributed by atoms with Crippen LogP contribution in [0.1, 0.15) is 27.9 Å². The largest absolute Gasteiger partial charge is 0.338 e. The minimum atomic E-state index is -3.80. The molecule has 7 heteroatoms. The topological polar surface area (TPSA) is 92.5 Å². The van der Waals surface area contributed by atoms with Gasteiger partial charge in [-0.3, -0.25) is 9.52 Å². The molecule has 1 atom stereocenters. The Kier molecular flexibility index (Phi) is 5.53. The van der Waals surface area contributed by atoms with Crippen LogP contribution in [-0.4, -0.2) is 38.9 Å². The number of para-hydroxylation sites is 1. The van der Waals surface area contributed by atoms with Crippen LogP contribution in [-0.2, 0) is 10.0 Å². The summed E-state index contributed by atoms with van der Waals surface area (Å²) in [6.45, 7) is 5.39. The first-order valence-corrected chi connectivity index (χ1v) is 10.5. The summed E-state index contributed by atoms with van der Waals surface area (Å²) in [6, 6.07) is 12.0. The monoisotopic (exact) mass is 387 g/mol. The van der Waals surface area contributed by atoms with Crippen LogP contribution in [0.15, 0.2) is 47.4 Å². The maximum atomic E-state index is 12.9. The number of nitrogens with two attached hydrogens (primary N) is 1. The first kappa shape index (κ1) is 19.4. The van der Waals surface area contributed by atoms with Crippen LogP contribution in [0.3, 0.4) is 0 Å². The van der Waals surface area contributed by atoms with Gasteiger partial charge in [-0.1, -0.05) is 24.3 Å². The number of aryl methyl sites for hydroxylation is 2. The summed E-state index contributed by atoms with van der Waals surface area (Å²) in [6.07, 6.45) is 0.874. The van der Waals surface area contributed by atoms with E-state index >= 15 is 0 Å². The van der Waals surface area contributed by atoms with Crippen LogP contribution in [0.25, 0.3) is 0 Å². The summed E-state index contributed by atoms with van der Waals surface area (Å²) >= 11 is 0. The number of sulfonamides is 1. The smallest absolute Gasteiger partial charge is 0.262 e. The molecule has 0 saturated carbocycles. The number of benzene rings is 2. The van der Waals surface area contributed by atoms with Gasteiger partial charge < -0.3 is 10.6 Å². The van der Waals surface area contributed by atoms with Crippen LogP contribution < -0.4 is 10.5 Å². The molecule has 1 amide bonds. The number of carbonyl (C=O) groups is 1. The molecule has 0 radical (unpaired) electrons. The van der Waals surface area contributed by atoms with Crippen LogP contribution in [0.5, 0.6) is 0 Å². The number of nitrogens with one attached hydrogen (secondary N) is 1. The van der Waals surface area contributed by atoms with Crippen LogP contribution in [0.4, 0.5) is 5.69 Å². The molecule has 144 valence electrons. The highest BCUT2D eigenvalue weighted by Crippen LogP contribution is 2.25. The summed E-state index contributed by atoms with van der Waals surface area (Å²) in [5.41, 5.74) is 7.86. The van der Waals surface area contributed by atoms with Crippen molar-refractivity contribution in [1.82, 2.24) is 4.90 Å². The molecule has 3 N–H and O–H groups in total. The van der Waals surface area contributed by atoms with Crippen molar-refractivity contribution in [3.05, 3.63) is 59.2 Å². The Bertz CT molecular complexity index is 957. The zero-order valence-electron chi connectivity index (χ0n) is 15.6. The molecule has 0 aliphatic carbocycles. The molecule has 1 fully saturated rings. The lowest BCUT2D eigenvalue weighted by molar-refractivity contribution is 0.0788. The second-order valence-corrected chi connectivity index (χ2v) is 8.71. The number of rotatable bonds is 5. The Labute approximate surface area is 160 Å². The molecule has 3 rings (SSSR count). The zero-order chi connectivity index (χ0) is 19.6. The van der Waals surface area contributed by atoms with Crippen molar-refractivity contribution in [2.24, 2.45) is 11.7 Å². The minimum Gasteiger partial charge on any atom is -0.338 e. The summed E-state index contributed by atoms with van der Waals surface area (Å²) in [5, 5.41) is 0. The number of hydrogen-bond acceptors (Lipinski definition) is 4. The first-order valence-electron chi connectivity index (χ1n) is 9.00. The first-order chi connectivity index (χ1) is 12.8. The highest BCUT2D eigenvalue weighted by molar-refractivity contribution is 7.92. The Balaban J connectivity index is 1.90. The quantitative estimate of drug-likeness (QED) is 0.824. The SMILES string of the molecule is Cc1ccc(C)c(S(=O)(=O)Nc2ccccc2C(=O)N2CCC(CN)C2)c1. The fourth-order valence-corrected chi connectivity index (χ4v) is 4.75. The number of carbonyl (C=O) groups excluding carboxylic acids is 1. The van der Waals surface area contributed by atoms with Gasteiger partial charge in [-0.2, -0.15) is 0 Å². The minimum absolute atomic E-state index is 0.176. The second kappa shape index (κ2) is 7.70. The van der Waals surface area contributed by atoms with Crippen molar-refractivity contribution in [2.45, 2.75) is 25.2 Å². The third kappa shape index (κ3) is 4.14. The highest BCUT2D eigenvalue weighted by Gasteiger charge is 2.28. The van der Waals surface area contributed by atoms with E-state index < -0.39 is 10.0 Å². The average molecular weight is 388 g/mol. The van der Waals surface area contributed by atoms with Gasteiger partial charge >= 0.3 is 0 Å². The Morgan fingerprint density at radius 2 is 1.96 bits per heavy atom. The summed E-state index contributed by atoms with van der Waals surface area (Å²) in [4.78, 5) is 14.9. The Hall–Kier alpha value is -2.38. The van der Waals surface area contributed by atoms with Gasteiger partial charge in [-0.05, 0) is 62.1 Å². The summed E-state index contributed by atoms with van der Waals surface area (Å²) < 4.78 is 28.4. The second-order valence-electron chi connectivity index (χ2n) is 7.06. The molecule has 1 aliphatic rings. The molecule has 0 bridgehead atoms. The fraction of sp³-hybridized carbons (Fsp3) is 0.350. The number of hydrogen-bond donors (Lipinski definition) is 2. The molecule has 2 aromatic carbocycles. The predicted molar refractivity (Wildman–Crippen MR) is 106 cm³/mol. The van der Waals surface area contributed by atoms with Gasteiger partial charge in [0.05, 0.1) is 16.1 Å². The van der Waals surface area contributed by atoms with E-state index in [0.717, 1.165) is 12.0 Å². The van der Waals surface area contributed by atoms with E-state index in [1.54, 1.807) is 48.2 Å². The van der Waals surface area contributed by atoms with E-state index in [1.165, 1.54) is 0 Å². The molecule has 0 spiro atoms. The molecule has 0 aromatic heterocycles. The lowest BCUT2D eigenvalue weighted by Gasteiger charge is -2.19. The van der Waals surface area contributed by atoms with Crippen LogP contribution >= 0.6 is 0 Å². The van der Waals surface area contributed by atoms with E-state index in [0.29, 0.717) is 42.4 Å². The summed E-state index contributed by atoms with van der Waals surface area (Å²) in [7, 11) is -3.80. The Morgan fingerprint density at radius 3 is 2.67 bits per heavy atom. The molecule has 27 heavy (non-hydrogen) atoms. The molecule has 6 nitrogen and oxygen atoms in total. The molecule has 1 heterocycles. The number of nitrogens with zero attached hydrogens (tertiary/aromatic N) is 1. The lowest BCUT2D eigenvalue weighted by atomic mass is 10.1. The molecule has 1 saturated heterocycles. The van der Waals surface area contributed by atoms with E-state index in [4.69, 9.17) is 5.73 Å². The molecular weight excluding hydrogens is 362 g/mol. The number of likely N-dealkylation sites (tertiary alicyclic amines) is 1. The Morgan fingerprint density at radius 1 is 1.22 bits per heavy atom. The lowest BCUT2D eigenvalue weighted by Crippen LogP contribution is -2.30. The van der Waals surface area contributed by atoms with Crippen molar-refractivity contribution >= 4 is 21.6 Å². The van der Waals surface area contributed by atoms with Crippen LogP contribution in [0, 0.1) is 19.8 Å². The van der Waals surface area contributed by atoms with Gasteiger partial charge in [0.2, 0.25) is 0 Å². The number of amides is 1. The van der Waals surface area contributed by atoms with Gasteiger partial charge in [0.25, 0.3) is 15.9 Å². The maximum absolute atomic E-state index is 12.9. The van der Waals surface area contributed by atoms with E-state index in [2.05, 4.69) is 4.72 Å². The van der Waals surface area contributed by atoms with Crippen molar-refractivity contribution in [3.8, 4) is 0 Å².